The van der Waals surface area contributed by atoms with Crippen LogP contribution < -0.4 is 21.0 Å². The average molecular weight is 647 g/mol. The quantitative estimate of drug-likeness (QED) is 0.0496. The van der Waals surface area contributed by atoms with Crippen LogP contribution >= 0.6 is 34.9 Å². The molecule has 2 atom stereocenters. The van der Waals surface area contributed by atoms with Gasteiger partial charge in [0.2, 0.25) is 5.43 Å². The molecule has 1 fully saturated rings. The maximum absolute atomic E-state index is 13.3. The van der Waals surface area contributed by atoms with E-state index in [2.05, 4.69) is 15.5 Å². The summed E-state index contributed by atoms with van der Waals surface area (Å²) in [5, 5.41) is 36.6. The predicted molar refractivity (Wildman–Crippen MR) is 155 cm³/mol. The third-order valence-corrected chi connectivity index (χ3v) is 9.45. The Morgan fingerprint density at radius 3 is 2.74 bits per heavy atom. The number of thiazole rings is 1. The van der Waals surface area contributed by atoms with E-state index in [0.29, 0.717) is 21.8 Å². The largest absolute Gasteiger partial charge is 0.503 e. The molecule has 5 heterocycles. The maximum atomic E-state index is 13.3. The molecule has 1 saturated heterocycles. The Balaban J connectivity index is 1.30. The van der Waals surface area contributed by atoms with E-state index in [-0.39, 0.29) is 27.9 Å². The van der Waals surface area contributed by atoms with Crippen molar-refractivity contribution in [3.63, 3.8) is 0 Å². The summed E-state index contributed by atoms with van der Waals surface area (Å²) < 4.78 is 2.35. The van der Waals surface area contributed by atoms with Gasteiger partial charge >= 0.3 is 5.97 Å². The van der Waals surface area contributed by atoms with Crippen molar-refractivity contribution in [1.29, 1.82) is 0 Å². The number of fused-ring (bicyclic) bond motifs is 1. The summed E-state index contributed by atoms with van der Waals surface area (Å²) >= 11 is 3.83. The SMILES string of the molecule is C[n+]1ccc(SCC2=C(C(=O)O)N3C(=O)[C@@H](NC(=O)/C(=N\OCc4cc(=O)c(O)cn4O)c4csc(N)n4)[C@H]3SC2)cc1. The van der Waals surface area contributed by atoms with Gasteiger partial charge in [0.25, 0.3) is 11.8 Å². The minimum absolute atomic E-state index is 0.0481. The fraction of sp³-hybridized carbons (Fsp3) is 0.240. The summed E-state index contributed by atoms with van der Waals surface area (Å²) in [5.74, 6) is -2.62. The summed E-state index contributed by atoms with van der Waals surface area (Å²) in [5.41, 5.74) is 5.09. The molecular weight excluding hydrogens is 623 g/mol. The van der Waals surface area contributed by atoms with Gasteiger partial charge in [-0.2, -0.15) is 4.73 Å². The van der Waals surface area contributed by atoms with Crippen molar-refractivity contribution in [3.8, 4) is 5.75 Å². The number of carboxylic acids is 1. The molecule has 6 N–H and O–H groups in total. The lowest BCUT2D eigenvalue weighted by atomic mass is 10.0. The summed E-state index contributed by atoms with van der Waals surface area (Å²) in [6, 6.07) is 3.71. The predicted octanol–water partition coefficient (Wildman–Crippen LogP) is 0.106. The van der Waals surface area contributed by atoms with E-state index in [9.17, 15) is 34.6 Å². The minimum atomic E-state index is -1.23. The van der Waals surface area contributed by atoms with Crippen LogP contribution in [0.15, 0.2) is 68.3 Å². The summed E-state index contributed by atoms with van der Waals surface area (Å²) in [4.78, 5) is 61.8. The number of carboxylic acid groups (broad SMARTS) is 1. The zero-order valence-corrected chi connectivity index (χ0v) is 24.7. The molecule has 5 rings (SSSR count). The molecule has 0 aliphatic carbocycles. The number of aromatic nitrogens is 3. The second-order valence-corrected chi connectivity index (χ2v) is 12.3. The number of amides is 2. The number of anilines is 1. The van der Waals surface area contributed by atoms with Crippen LogP contribution in [0.3, 0.4) is 0 Å². The number of β-lactam (4-membered cyclic amide) rings is 1. The smallest absolute Gasteiger partial charge is 0.352 e. The summed E-state index contributed by atoms with van der Waals surface area (Å²) in [7, 11) is 1.89. The third-order valence-electron chi connectivity index (χ3n) is 6.33. The van der Waals surface area contributed by atoms with Crippen LogP contribution in [0.25, 0.3) is 0 Å². The number of carbonyl (C=O) groups is 3. The van der Waals surface area contributed by atoms with Gasteiger partial charge in [0.05, 0.1) is 6.20 Å². The molecule has 2 aliphatic rings. The molecule has 3 aromatic rings. The molecule has 3 aromatic heterocycles. The van der Waals surface area contributed by atoms with E-state index in [1.807, 2.05) is 36.1 Å². The first-order valence-corrected chi connectivity index (χ1v) is 15.3. The number of carbonyl (C=O) groups excluding carboxylic acids is 2. The Bertz CT molecular complexity index is 1720. The van der Waals surface area contributed by atoms with Crippen LogP contribution in [-0.2, 0) is 32.9 Å². The number of nitrogen functional groups attached to an aromatic ring is 1. The number of nitrogens with two attached hydrogens (primary N) is 1. The minimum Gasteiger partial charge on any atom is -0.503 e. The second-order valence-electron chi connectivity index (χ2n) is 9.25. The lowest BCUT2D eigenvalue weighted by molar-refractivity contribution is -0.671. The van der Waals surface area contributed by atoms with E-state index < -0.39 is 47.0 Å². The molecule has 0 spiro atoms. The van der Waals surface area contributed by atoms with Gasteiger partial charge in [-0.15, -0.1) is 34.9 Å². The van der Waals surface area contributed by atoms with Crippen molar-refractivity contribution in [1.82, 2.24) is 19.9 Å². The first-order chi connectivity index (χ1) is 20.5. The molecule has 18 heteroatoms. The highest BCUT2D eigenvalue weighted by Gasteiger charge is 2.54. The number of aromatic hydroxyl groups is 1. The fourth-order valence-corrected chi connectivity index (χ4v) is 7.10. The van der Waals surface area contributed by atoms with Crippen molar-refractivity contribution in [2.24, 2.45) is 12.2 Å². The lowest BCUT2D eigenvalue weighted by Crippen LogP contribution is -2.71. The van der Waals surface area contributed by atoms with Gasteiger partial charge < -0.3 is 31.3 Å². The molecule has 224 valence electrons. The van der Waals surface area contributed by atoms with E-state index in [4.69, 9.17) is 10.6 Å². The first kappa shape index (κ1) is 29.9. The van der Waals surface area contributed by atoms with E-state index in [0.717, 1.165) is 28.5 Å². The Kier molecular flexibility index (Phi) is 8.60. The van der Waals surface area contributed by atoms with Gasteiger partial charge in [0.15, 0.2) is 35.6 Å². The van der Waals surface area contributed by atoms with E-state index in [1.165, 1.54) is 33.8 Å². The number of aliphatic carboxylic acids is 1. The Hall–Kier alpha value is -4.55. The van der Waals surface area contributed by atoms with Crippen LogP contribution in [0, 0.1) is 0 Å². The molecule has 15 nitrogen and oxygen atoms in total. The van der Waals surface area contributed by atoms with Crippen LogP contribution in [0.1, 0.15) is 11.4 Å². The normalized spacial score (nSPS) is 18.2. The molecule has 0 aromatic carbocycles. The maximum Gasteiger partial charge on any atom is 0.352 e. The molecule has 0 radical (unpaired) electrons. The standard InChI is InChI=1S/C25H23N7O8S3/c1-30-4-2-14(3-5-30)41-9-12-10-42-23-19(22(36)32(23)20(12)24(37)38)28-21(35)18(15-11-43-25(26)27-15)29-40-8-13-6-16(33)17(34)7-31(13)39/h2-7,11,19,23,39H,8-10H2,1H3,(H4-,26,27,28,34,35,37,38)/p+1/b29-18-/t19-,23-/m1/s1. The Labute approximate surface area is 255 Å². The zero-order valence-electron chi connectivity index (χ0n) is 22.2. The average Bonchev–Trinajstić information content (AvgIpc) is 3.41. The van der Waals surface area contributed by atoms with Crippen LogP contribution in [0.4, 0.5) is 5.13 Å². The number of nitrogens with zero attached hydrogens (tertiary/aromatic N) is 5. The molecule has 0 bridgehead atoms. The lowest BCUT2D eigenvalue weighted by Gasteiger charge is -2.49. The van der Waals surface area contributed by atoms with Crippen LogP contribution in [0.5, 0.6) is 5.75 Å². The topological polar surface area (TPSA) is 214 Å². The van der Waals surface area contributed by atoms with Gasteiger partial charge in [0.1, 0.15) is 35.5 Å². The zero-order chi connectivity index (χ0) is 30.8. The molecular formula is C25H24N7O8S3+. The van der Waals surface area contributed by atoms with Crippen LogP contribution in [-0.4, -0.2) is 76.5 Å². The third kappa shape index (κ3) is 6.30. The van der Waals surface area contributed by atoms with Crippen molar-refractivity contribution in [3.05, 3.63) is 75.1 Å². The number of nitrogens with one attached hydrogen (secondary N) is 1. The summed E-state index contributed by atoms with van der Waals surface area (Å²) in [6.07, 6.45) is 4.54. The van der Waals surface area contributed by atoms with Gasteiger partial charge in [-0.05, 0) is 5.57 Å². The number of oxime groups is 1. The molecule has 0 unspecified atom stereocenters. The highest BCUT2D eigenvalue weighted by atomic mass is 32.2. The van der Waals surface area contributed by atoms with Crippen molar-refractivity contribution in [2.75, 3.05) is 17.2 Å². The molecule has 2 amide bonds. The second kappa shape index (κ2) is 12.4. The first-order valence-electron chi connectivity index (χ1n) is 12.4. The number of rotatable bonds is 10. The number of thioether (sulfide) groups is 2. The van der Waals surface area contributed by atoms with E-state index >= 15 is 0 Å². The highest BCUT2D eigenvalue weighted by molar-refractivity contribution is 8.01. The van der Waals surface area contributed by atoms with Crippen LogP contribution in [0.2, 0.25) is 0 Å². The Morgan fingerprint density at radius 2 is 2.07 bits per heavy atom. The number of aryl methyl sites for hydroxylation is 1. The fourth-order valence-electron chi connectivity index (χ4n) is 4.18. The van der Waals surface area contributed by atoms with Crippen molar-refractivity contribution in [2.45, 2.75) is 22.9 Å². The van der Waals surface area contributed by atoms with Crippen molar-refractivity contribution < 1.29 is 39.2 Å². The number of pyridine rings is 2. The monoisotopic (exact) mass is 646 g/mol. The van der Waals surface area contributed by atoms with Gasteiger partial charge in [-0.25, -0.2) is 14.3 Å². The van der Waals surface area contributed by atoms with Gasteiger partial charge in [-0.1, -0.05) is 5.16 Å². The molecule has 43 heavy (non-hydrogen) atoms. The van der Waals surface area contributed by atoms with Gasteiger partial charge in [-0.3, -0.25) is 19.3 Å². The van der Waals surface area contributed by atoms with Gasteiger partial charge in [0, 0.05) is 40.0 Å². The number of hydrogen-bond acceptors (Lipinski definition) is 13. The van der Waals surface area contributed by atoms with E-state index in [1.54, 1.807) is 0 Å². The van der Waals surface area contributed by atoms with Crippen molar-refractivity contribution >= 4 is 63.5 Å². The molecule has 2 aliphatic heterocycles. The summed E-state index contributed by atoms with van der Waals surface area (Å²) in [6.45, 7) is -0.466. The molecule has 0 saturated carbocycles. The number of hydrogen-bond donors (Lipinski definition) is 5. The Morgan fingerprint density at radius 1 is 1.33 bits per heavy atom. The highest BCUT2D eigenvalue weighted by Crippen LogP contribution is 2.41.